The second-order valence-electron chi connectivity index (χ2n) is 6.02. The highest BCUT2D eigenvalue weighted by Gasteiger charge is 2.33. The number of fused-ring (bicyclic) bond motifs is 1. The summed E-state index contributed by atoms with van der Waals surface area (Å²) in [4.78, 5) is 22.2. The molecule has 0 aliphatic carbocycles. The number of carbonyl (C=O) groups is 1. The minimum Gasteiger partial charge on any atom is -0.382 e. The molecule has 2 heterocycles. The molecule has 1 unspecified atom stereocenters. The van der Waals surface area contributed by atoms with E-state index in [1.165, 1.54) is 12.1 Å². The topological polar surface area (TPSA) is 98.1 Å². The fourth-order valence-electron chi connectivity index (χ4n) is 3.24. The minimum atomic E-state index is -0.267. The van der Waals surface area contributed by atoms with Crippen molar-refractivity contribution in [2.24, 2.45) is 0 Å². The Labute approximate surface area is 150 Å². The number of rotatable bonds is 4. The molecule has 1 aromatic carbocycles. The number of aromatic nitrogens is 2. The summed E-state index contributed by atoms with van der Waals surface area (Å²) in [5, 5.41) is 0. The molecule has 1 aliphatic rings. The Balaban J connectivity index is 1.86. The molecule has 6 nitrogen and oxygen atoms in total. The number of nitrogens with two attached hydrogens (primary N) is 2. The summed E-state index contributed by atoms with van der Waals surface area (Å²) in [7, 11) is 0. The number of benzene rings is 1. The summed E-state index contributed by atoms with van der Waals surface area (Å²) in [6.45, 7) is 0. The van der Waals surface area contributed by atoms with Crippen LogP contribution in [-0.4, -0.2) is 27.8 Å². The number of alkyl halides is 1. The van der Waals surface area contributed by atoms with Gasteiger partial charge >= 0.3 is 0 Å². The number of hydrogen-bond acceptors (Lipinski definition) is 5. The van der Waals surface area contributed by atoms with Crippen molar-refractivity contribution in [1.29, 1.82) is 0 Å². The average Bonchev–Trinajstić information content (AvgIpc) is 2.60. The highest BCUT2D eigenvalue weighted by molar-refractivity contribution is 6.29. The SMILES string of the molecule is Nc1nc(N)c2c(n1)CCC(CCc1ccc(F)cc1)N2C(=O)CCl. The van der Waals surface area contributed by atoms with Crippen molar-refractivity contribution < 1.29 is 9.18 Å². The van der Waals surface area contributed by atoms with Crippen LogP contribution in [-0.2, 0) is 17.6 Å². The highest BCUT2D eigenvalue weighted by atomic mass is 35.5. The Morgan fingerprint density at radius 2 is 2.00 bits per heavy atom. The predicted molar refractivity (Wildman–Crippen MR) is 95.9 cm³/mol. The Bertz CT molecular complexity index is 783. The molecule has 0 bridgehead atoms. The molecule has 0 saturated carbocycles. The monoisotopic (exact) mass is 363 g/mol. The Kier molecular flexibility index (Phi) is 5.03. The minimum absolute atomic E-state index is 0.0710. The van der Waals surface area contributed by atoms with Gasteiger partial charge in [-0.05, 0) is 43.4 Å². The molecular formula is C17H19ClFN5O. The van der Waals surface area contributed by atoms with Crippen LogP contribution >= 0.6 is 11.6 Å². The van der Waals surface area contributed by atoms with Crippen molar-refractivity contribution in [2.75, 3.05) is 22.2 Å². The quantitative estimate of drug-likeness (QED) is 0.812. The second kappa shape index (κ2) is 7.23. The molecule has 0 fully saturated rings. The fourth-order valence-corrected chi connectivity index (χ4v) is 3.37. The van der Waals surface area contributed by atoms with E-state index in [1.54, 1.807) is 17.0 Å². The van der Waals surface area contributed by atoms with Crippen molar-refractivity contribution in [3.63, 3.8) is 0 Å². The third kappa shape index (κ3) is 3.66. The molecule has 0 radical (unpaired) electrons. The van der Waals surface area contributed by atoms with Gasteiger partial charge in [-0.15, -0.1) is 11.6 Å². The second-order valence-corrected chi connectivity index (χ2v) is 6.28. The van der Waals surface area contributed by atoms with Gasteiger partial charge < -0.3 is 16.4 Å². The zero-order valence-corrected chi connectivity index (χ0v) is 14.3. The number of nitrogens with zero attached hydrogens (tertiary/aromatic N) is 3. The van der Waals surface area contributed by atoms with E-state index in [9.17, 15) is 9.18 Å². The number of anilines is 3. The van der Waals surface area contributed by atoms with Crippen molar-refractivity contribution in [3.8, 4) is 0 Å². The van der Waals surface area contributed by atoms with E-state index in [0.717, 1.165) is 12.0 Å². The lowest BCUT2D eigenvalue weighted by Crippen LogP contribution is -2.45. The molecule has 1 amide bonds. The fraction of sp³-hybridized carbons (Fsp3) is 0.353. The van der Waals surface area contributed by atoms with Crippen LogP contribution in [0.4, 0.5) is 21.8 Å². The molecule has 4 N–H and O–H groups in total. The third-order valence-corrected chi connectivity index (χ3v) is 4.61. The lowest BCUT2D eigenvalue weighted by molar-refractivity contribution is -0.116. The van der Waals surface area contributed by atoms with Crippen molar-refractivity contribution in [1.82, 2.24) is 9.97 Å². The van der Waals surface area contributed by atoms with Crippen LogP contribution in [0.2, 0.25) is 0 Å². The van der Waals surface area contributed by atoms with Crippen molar-refractivity contribution in [3.05, 3.63) is 41.3 Å². The van der Waals surface area contributed by atoms with E-state index in [0.29, 0.717) is 30.6 Å². The van der Waals surface area contributed by atoms with Crippen LogP contribution < -0.4 is 16.4 Å². The third-order valence-electron chi connectivity index (χ3n) is 4.38. The molecule has 2 aromatic rings. The zero-order chi connectivity index (χ0) is 18.0. The predicted octanol–water partition coefficient (Wildman–Crippen LogP) is 2.30. The van der Waals surface area contributed by atoms with E-state index in [1.807, 2.05) is 0 Å². The van der Waals surface area contributed by atoms with E-state index in [-0.39, 0.29) is 35.4 Å². The Hall–Kier alpha value is -2.41. The first-order chi connectivity index (χ1) is 12.0. The van der Waals surface area contributed by atoms with Gasteiger partial charge in [0, 0.05) is 6.04 Å². The lowest BCUT2D eigenvalue weighted by atomic mass is 9.94. The van der Waals surface area contributed by atoms with Crippen LogP contribution in [0, 0.1) is 5.82 Å². The molecule has 3 rings (SSSR count). The van der Waals surface area contributed by atoms with E-state index < -0.39 is 0 Å². The summed E-state index contributed by atoms with van der Waals surface area (Å²) < 4.78 is 13.0. The van der Waals surface area contributed by atoms with Crippen LogP contribution in [0.15, 0.2) is 24.3 Å². The summed E-state index contributed by atoms with van der Waals surface area (Å²) >= 11 is 5.80. The van der Waals surface area contributed by atoms with Gasteiger partial charge in [-0.1, -0.05) is 12.1 Å². The Morgan fingerprint density at radius 3 is 2.68 bits per heavy atom. The van der Waals surface area contributed by atoms with E-state index in [2.05, 4.69) is 9.97 Å². The smallest absolute Gasteiger partial charge is 0.242 e. The van der Waals surface area contributed by atoms with Crippen molar-refractivity contribution in [2.45, 2.75) is 31.7 Å². The van der Waals surface area contributed by atoms with Gasteiger partial charge in [0.25, 0.3) is 0 Å². The number of halogens is 2. The maximum Gasteiger partial charge on any atom is 0.242 e. The number of nitrogen functional groups attached to an aromatic ring is 2. The van der Waals surface area contributed by atoms with Crippen LogP contribution in [0.3, 0.4) is 0 Å². The maximum atomic E-state index is 13.0. The first-order valence-corrected chi connectivity index (χ1v) is 8.57. The van der Waals surface area contributed by atoms with Gasteiger partial charge in [-0.3, -0.25) is 4.79 Å². The van der Waals surface area contributed by atoms with Crippen LogP contribution in [0.1, 0.15) is 24.1 Å². The molecule has 8 heteroatoms. The van der Waals surface area contributed by atoms with Gasteiger partial charge in [0.2, 0.25) is 11.9 Å². The van der Waals surface area contributed by atoms with Gasteiger partial charge in [0.1, 0.15) is 17.4 Å². The van der Waals surface area contributed by atoms with E-state index in [4.69, 9.17) is 23.1 Å². The summed E-state index contributed by atoms with van der Waals surface area (Å²) in [6.07, 6.45) is 2.80. The van der Waals surface area contributed by atoms with Gasteiger partial charge in [-0.25, -0.2) is 9.37 Å². The van der Waals surface area contributed by atoms with Gasteiger partial charge in [-0.2, -0.15) is 4.98 Å². The normalized spacial score (nSPS) is 16.6. The molecule has 1 atom stereocenters. The first-order valence-electron chi connectivity index (χ1n) is 8.04. The molecule has 0 saturated heterocycles. The largest absolute Gasteiger partial charge is 0.382 e. The summed E-state index contributed by atoms with van der Waals surface area (Å²) in [5.41, 5.74) is 13.8. The standard InChI is InChI=1S/C17H19ClFN5O/c18-9-14(25)24-12(6-3-10-1-4-11(19)5-2-10)7-8-13-15(24)16(20)23-17(21)22-13/h1-2,4-5,12H,3,6-9H2,(H4,20,21,22,23). The zero-order valence-electron chi connectivity index (χ0n) is 13.6. The summed E-state index contributed by atoms with van der Waals surface area (Å²) in [6, 6.07) is 6.29. The molecular weight excluding hydrogens is 345 g/mol. The van der Waals surface area contributed by atoms with Crippen LogP contribution in [0.5, 0.6) is 0 Å². The van der Waals surface area contributed by atoms with Gasteiger partial charge in [0.05, 0.1) is 5.69 Å². The molecule has 1 aliphatic heterocycles. The van der Waals surface area contributed by atoms with Gasteiger partial charge in [0.15, 0.2) is 5.82 Å². The average molecular weight is 364 g/mol. The number of carbonyl (C=O) groups excluding carboxylic acids is 1. The highest BCUT2D eigenvalue weighted by Crippen LogP contribution is 2.35. The van der Waals surface area contributed by atoms with Crippen LogP contribution in [0.25, 0.3) is 0 Å². The number of amides is 1. The number of aryl methyl sites for hydroxylation is 2. The molecule has 132 valence electrons. The summed E-state index contributed by atoms with van der Waals surface area (Å²) in [5.74, 6) is -0.383. The van der Waals surface area contributed by atoms with Crippen molar-refractivity contribution >= 4 is 35.0 Å². The molecule has 1 aromatic heterocycles. The Morgan fingerprint density at radius 1 is 1.28 bits per heavy atom. The number of hydrogen-bond donors (Lipinski definition) is 2. The molecule has 0 spiro atoms. The van der Waals surface area contributed by atoms with E-state index >= 15 is 0 Å². The lowest BCUT2D eigenvalue weighted by Gasteiger charge is -2.37. The molecule has 25 heavy (non-hydrogen) atoms. The first kappa shape index (κ1) is 17.4. The maximum absolute atomic E-state index is 13.0.